The number of rotatable bonds is 9. The zero-order valence-electron chi connectivity index (χ0n) is 21.3. The Balaban J connectivity index is 1.50. The SMILES string of the molecule is CC(C(N)=O)c1ccccc1CCc1nc(Nc2cnn(C3CCN(C(C)O)CC3)c2)ncc1C(F)(F)F. The summed E-state index contributed by atoms with van der Waals surface area (Å²) in [5.41, 5.74) is 6.40. The Morgan fingerprint density at radius 3 is 2.55 bits per heavy atom. The summed E-state index contributed by atoms with van der Waals surface area (Å²) in [7, 11) is 0. The number of benzene rings is 1. The molecule has 0 aliphatic carbocycles. The Kier molecular flexibility index (Phi) is 8.32. The average molecular weight is 532 g/mol. The van der Waals surface area contributed by atoms with Crippen molar-refractivity contribution in [1.29, 1.82) is 0 Å². The van der Waals surface area contributed by atoms with Crippen molar-refractivity contribution >= 4 is 17.5 Å². The molecule has 0 bridgehead atoms. The zero-order chi connectivity index (χ0) is 27.4. The van der Waals surface area contributed by atoms with Crippen LogP contribution in [0.3, 0.4) is 0 Å². The first-order chi connectivity index (χ1) is 18.0. The zero-order valence-corrected chi connectivity index (χ0v) is 21.3. The molecule has 0 spiro atoms. The lowest BCUT2D eigenvalue weighted by Crippen LogP contribution is -2.40. The number of halogens is 3. The van der Waals surface area contributed by atoms with Gasteiger partial charge in [-0.05, 0) is 50.7 Å². The molecule has 38 heavy (non-hydrogen) atoms. The minimum absolute atomic E-state index is 0.00431. The summed E-state index contributed by atoms with van der Waals surface area (Å²) in [4.78, 5) is 21.8. The number of hydrogen-bond donors (Lipinski definition) is 3. The number of carbonyl (C=O) groups is 1. The molecule has 1 aromatic carbocycles. The van der Waals surface area contributed by atoms with Crippen LogP contribution in [-0.4, -0.2) is 55.0 Å². The van der Waals surface area contributed by atoms with Crippen LogP contribution in [0.15, 0.2) is 42.9 Å². The number of hydrogen-bond acceptors (Lipinski definition) is 7. The normalized spacial score (nSPS) is 16.8. The number of aliphatic hydroxyl groups excluding tert-OH is 1. The summed E-state index contributed by atoms with van der Waals surface area (Å²) in [5, 5.41) is 17.1. The molecule has 9 nitrogen and oxygen atoms in total. The predicted octanol–water partition coefficient (Wildman–Crippen LogP) is 3.78. The Bertz CT molecular complexity index is 1250. The molecule has 1 aliphatic rings. The van der Waals surface area contributed by atoms with Crippen LogP contribution in [0.1, 0.15) is 61.0 Å². The van der Waals surface area contributed by atoms with Crippen LogP contribution in [0, 0.1) is 0 Å². The predicted molar refractivity (Wildman–Crippen MR) is 136 cm³/mol. The Morgan fingerprint density at radius 1 is 1.18 bits per heavy atom. The molecule has 4 rings (SSSR count). The maximum absolute atomic E-state index is 13.7. The van der Waals surface area contributed by atoms with Crippen molar-refractivity contribution in [2.24, 2.45) is 5.73 Å². The Labute approximate surface area is 218 Å². The fourth-order valence-electron chi connectivity index (χ4n) is 4.75. The molecule has 0 saturated carbocycles. The van der Waals surface area contributed by atoms with Crippen LogP contribution in [-0.2, 0) is 23.8 Å². The molecule has 3 aromatic rings. The van der Waals surface area contributed by atoms with E-state index < -0.39 is 29.8 Å². The van der Waals surface area contributed by atoms with Gasteiger partial charge < -0.3 is 16.2 Å². The van der Waals surface area contributed by atoms with Gasteiger partial charge in [-0.1, -0.05) is 24.3 Å². The molecule has 3 heterocycles. The van der Waals surface area contributed by atoms with E-state index in [-0.39, 0.29) is 30.5 Å². The maximum Gasteiger partial charge on any atom is 0.419 e. The third-order valence-corrected chi connectivity index (χ3v) is 7.01. The number of carbonyl (C=O) groups excluding carboxylic acids is 1. The van der Waals surface area contributed by atoms with Gasteiger partial charge in [-0.25, -0.2) is 9.97 Å². The quantitative estimate of drug-likeness (QED) is 0.384. The van der Waals surface area contributed by atoms with Crippen LogP contribution >= 0.6 is 0 Å². The number of nitrogens with one attached hydrogen (secondary N) is 1. The van der Waals surface area contributed by atoms with Gasteiger partial charge in [-0.2, -0.15) is 18.3 Å². The maximum atomic E-state index is 13.7. The van der Waals surface area contributed by atoms with Crippen LogP contribution in [0.4, 0.5) is 24.8 Å². The summed E-state index contributed by atoms with van der Waals surface area (Å²) in [6.07, 6.45) is 0.946. The van der Waals surface area contributed by atoms with E-state index in [9.17, 15) is 23.1 Å². The fraction of sp³-hybridized carbons (Fsp3) is 0.462. The third-order valence-electron chi connectivity index (χ3n) is 7.01. The van der Waals surface area contributed by atoms with Gasteiger partial charge in [0.2, 0.25) is 11.9 Å². The van der Waals surface area contributed by atoms with Crippen LogP contribution in [0.5, 0.6) is 0 Å². The van der Waals surface area contributed by atoms with Crippen molar-refractivity contribution in [2.75, 3.05) is 18.4 Å². The minimum Gasteiger partial charge on any atom is -0.379 e. The molecule has 12 heteroatoms. The number of aromatic nitrogens is 4. The van der Waals surface area contributed by atoms with Crippen molar-refractivity contribution in [2.45, 2.75) is 63.9 Å². The molecule has 1 saturated heterocycles. The molecule has 1 fully saturated rings. The third kappa shape index (κ3) is 6.48. The summed E-state index contributed by atoms with van der Waals surface area (Å²) in [5.74, 6) is -1.03. The van der Waals surface area contributed by atoms with Gasteiger partial charge in [0.15, 0.2) is 0 Å². The first-order valence-corrected chi connectivity index (χ1v) is 12.6. The van der Waals surface area contributed by atoms with Gasteiger partial charge in [-0.3, -0.25) is 14.4 Å². The van der Waals surface area contributed by atoms with Gasteiger partial charge in [0, 0.05) is 25.5 Å². The lowest BCUT2D eigenvalue weighted by Gasteiger charge is -2.33. The summed E-state index contributed by atoms with van der Waals surface area (Å²) < 4.78 is 43.0. The van der Waals surface area contributed by atoms with Gasteiger partial charge in [0.25, 0.3) is 0 Å². The molecule has 2 unspecified atom stereocenters. The van der Waals surface area contributed by atoms with Crippen molar-refractivity contribution in [3.05, 3.63) is 65.2 Å². The van der Waals surface area contributed by atoms with Crippen LogP contribution < -0.4 is 11.1 Å². The number of nitrogens with zero attached hydrogens (tertiary/aromatic N) is 5. The van der Waals surface area contributed by atoms with E-state index >= 15 is 0 Å². The van der Waals surface area contributed by atoms with Gasteiger partial charge in [0.05, 0.1) is 35.1 Å². The number of alkyl halides is 3. The second-order valence-electron chi connectivity index (χ2n) is 9.61. The number of aliphatic hydroxyl groups is 1. The average Bonchev–Trinajstić information content (AvgIpc) is 3.35. The van der Waals surface area contributed by atoms with E-state index in [0.717, 1.165) is 37.7 Å². The molecule has 2 aromatic heterocycles. The Hall–Kier alpha value is -3.51. The lowest BCUT2D eigenvalue weighted by molar-refractivity contribution is -0.138. The second kappa shape index (κ2) is 11.5. The van der Waals surface area contributed by atoms with E-state index in [1.165, 1.54) is 0 Å². The van der Waals surface area contributed by atoms with E-state index in [2.05, 4.69) is 20.4 Å². The highest BCUT2D eigenvalue weighted by atomic mass is 19.4. The minimum atomic E-state index is -4.61. The lowest BCUT2D eigenvalue weighted by atomic mass is 9.92. The van der Waals surface area contributed by atoms with E-state index in [1.54, 1.807) is 50.5 Å². The second-order valence-corrected chi connectivity index (χ2v) is 9.61. The molecule has 1 aliphatic heterocycles. The number of anilines is 2. The summed E-state index contributed by atoms with van der Waals surface area (Å²) >= 11 is 0. The topological polar surface area (TPSA) is 122 Å². The summed E-state index contributed by atoms with van der Waals surface area (Å²) in [6, 6.07) is 7.24. The van der Waals surface area contributed by atoms with Crippen LogP contribution in [0.25, 0.3) is 0 Å². The van der Waals surface area contributed by atoms with Gasteiger partial charge >= 0.3 is 6.18 Å². The number of piperidine rings is 1. The number of likely N-dealkylation sites (tertiary alicyclic amines) is 1. The first-order valence-electron chi connectivity index (χ1n) is 12.6. The van der Waals surface area contributed by atoms with Gasteiger partial charge in [-0.15, -0.1) is 0 Å². The smallest absolute Gasteiger partial charge is 0.379 e. The standard InChI is InChI=1S/C26H32F3N7O2/c1-16(24(30)38)21-6-4-3-5-18(21)7-8-23-22(26(27,28)29)14-31-25(34-23)33-19-13-32-36(15-19)20-9-11-35(12-10-20)17(2)37/h3-6,13-17,20,37H,7-12H2,1-2H3,(H2,30,38)(H,31,33,34). The largest absolute Gasteiger partial charge is 0.419 e. The van der Waals surface area contributed by atoms with E-state index in [4.69, 9.17) is 5.73 Å². The molecule has 1 amide bonds. The van der Waals surface area contributed by atoms with Gasteiger partial charge in [0.1, 0.15) is 6.23 Å². The molecule has 204 valence electrons. The monoisotopic (exact) mass is 531 g/mol. The molecular weight excluding hydrogens is 499 g/mol. The van der Waals surface area contributed by atoms with Crippen molar-refractivity contribution in [3.8, 4) is 0 Å². The summed E-state index contributed by atoms with van der Waals surface area (Å²) in [6.45, 7) is 4.91. The van der Waals surface area contributed by atoms with Crippen molar-refractivity contribution in [3.63, 3.8) is 0 Å². The number of aryl methyl sites for hydroxylation is 2. The highest BCUT2D eigenvalue weighted by Gasteiger charge is 2.35. The van der Waals surface area contributed by atoms with E-state index in [0.29, 0.717) is 11.3 Å². The highest BCUT2D eigenvalue weighted by Crippen LogP contribution is 2.33. The van der Waals surface area contributed by atoms with E-state index in [1.807, 2.05) is 9.58 Å². The molecule has 2 atom stereocenters. The van der Waals surface area contributed by atoms with Crippen molar-refractivity contribution in [1.82, 2.24) is 24.6 Å². The molecular formula is C26H32F3N7O2. The molecule has 4 N–H and O–H groups in total. The molecule has 0 radical (unpaired) electrons. The van der Waals surface area contributed by atoms with Crippen LogP contribution in [0.2, 0.25) is 0 Å². The number of amides is 1. The number of primary amides is 1. The number of nitrogens with two attached hydrogens (primary N) is 1. The highest BCUT2D eigenvalue weighted by molar-refractivity contribution is 5.81. The fourth-order valence-corrected chi connectivity index (χ4v) is 4.75. The van der Waals surface area contributed by atoms with Crippen molar-refractivity contribution < 1.29 is 23.1 Å². The Morgan fingerprint density at radius 2 is 1.89 bits per heavy atom. The first kappa shape index (κ1) is 27.5.